The van der Waals surface area contributed by atoms with E-state index in [0.29, 0.717) is 0 Å². The summed E-state index contributed by atoms with van der Waals surface area (Å²) >= 11 is 5.19. The maximum atomic E-state index is 5.64. The second kappa shape index (κ2) is 5.30. The van der Waals surface area contributed by atoms with Gasteiger partial charge in [0.1, 0.15) is 0 Å². The number of nitrogens with two attached hydrogens (primary N) is 1. The lowest BCUT2D eigenvalue weighted by Crippen LogP contribution is -2.29. The van der Waals surface area contributed by atoms with E-state index in [1.807, 2.05) is 24.9 Å². The average molecular weight is 315 g/mol. The van der Waals surface area contributed by atoms with Gasteiger partial charge < -0.3 is 0 Å². The minimum Gasteiger partial charge on any atom is -0.275 e. The standard InChI is InChI=1S/C11H15BrN4S/c1-7-10(5-16(2)15-7)11(14-13)4-9-3-8(12)6-17-9/h3,5-6,11,14H,4,13H2,1-2H3. The summed E-state index contributed by atoms with van der Waals surface area (Å²) < 4.78 is 2.94. The lowest BCUT2D eigenvalue weighted by molar-refractivity contribution is 0.552. The highest BCUT2D eigenvalue weighted by Crippen LogP contribution is 2.26. The Labute approximate surface area is 113 Å². The molecule has 3 N–H and O–H groups in total. The van der Waals surface area contributed by atoms with Crippen molar-refractivity contribution in [2.24, 2.45) is 12.9 Å². The van der Waals surface area contributed by atoms with Gasteiger partial charge in [-0.25, -0.2) is 0 Å². The van der Waals surface area contributed by atoms with E-state index in [4.69, 9.17) is 5.84 Å². The average Bonchev–Trinajstić information content (AvgIpc) is 2.82. The normalized spacial score (nSPS) is 12.9. The van der Waals surface area contributed by atoms with Gasteiger partial charge in [0, 0.05) is 40.0 Å². The predicted octanol–water partition coefficient (Wildman–Crippen LogP) is 2.30. The molecule has 4 nitrogen and oxygen atoms in total. The molecule has 0 bridgehead atoms. The highest BCUT2D eigenvalue weighted by molar-refractivity contribution is 9.10. The Morgan fingerprint density at radius 3 is 2.88 bits per heavy atom. The van der Waals surface area contributed by atoms with E-state index in [1.54, 1.807) is 11.3 Å². The fraction of sp³-hybridized carbons (Fsp3) is 0.364. The molecule has 1 unspecified atom stereocenters. The van der Waals surface area contributed by atoms with Crippen LogP contribution in [0.3, 0.4) is 0 Å². The summed E-state index contributed by atoms with van der Waals surface area (Å²) in [5.74, 6) is 5.64. The van der Waals surface area contributed by atoms with Gasteiger partial charge in [0.25, 0.3) is 0 Å². The van der Waals surface area contributed by atoms with Gasteiger partial charge in [0.2, 0.25) is 0 Å². The summed E-state index contributed by atoms with van der Waals surface area (Å²) in [6, 6.07) is 2.23. The molecule has 0 aliphatic rings. The smallest absolute Gasteiger partial charge is 0.0642 e. The maximum absolute atomic E-state index is 5.64. The van der Waals surface area contributed by atoms with Crippen LogP contribution in [0, 0.1) is 6.92 Å². The maximum Gasteiger partial charge on any atom is 0.0642 e. The molecular formula is C11H15BrN4S. The van der Waals surface area contributed by atoms with Gasteiger partial charge in [0.15, 0.2) is 0 Å². The van der Waals surface area contributed by atoms with E-state index < -0.39 is 0 Å². The van der Waals surface area contributed by atoms with Crippen LogP contribution in [0.4, 0.5) is 0 Å². The Morgan fingerprint density at radius 1 is 1.65 bits per heavy atom. The zero-order chi connectivity index (χ0) is 12.4. The topological polar surface area (TPSA) is 55.9 Å². The van der Waals surface area contributed by atoms with Gasteiger partial charge in [-0.2, -0.15) is 5.10 Å². The molecule has 2 heterocycles. The molecule has 0 saturated heterocycles. The lowest BCUT2D eigenvalue weighted by Gasteiger charge is -2.13. The van der Waals surface area contributed by atoms with Gasteiger partial charge in [0.05, 0.1) is 11.7 Å². The molecule has 0 aliphatic heterocycles. The van der Waals surface area contributed by atoms with Crippen LogP contribution < -0.4 is 11.3 Å². The number of aryl methyl sites for hydroxylation is 2. The second-order valence-corrected chi connectivity index (χ2v) is 5.91. The molecule has 0 fully saturated rings. The van der Waals surface area contributed by atoms with E-state index in [9.17, 15) is 0 Å². The third kappa shape index (κ3) is 2.95. The van der Waals surface area contributed by atoms with Gasteiger partial charge in [-0.05, 0) is 28.9 Å². The first-order valence-corrected chi connectivity index (χ1v) is 6.96. The van der Waals surface area contributed by atoms with Crippen molar-refractivity contribution in [3.63, 3.8) is 0 Å². The largest absolute Gasteiger partial charge is 0.275 e. The first-order valence-electron chi connectivity index (χ1n) is 5.29. The van der Waals surface area contributed by atoms with Gasteiger partial charge in [-0.15, -0.1) is 11.3 Å². The van der Waals surface area contributed by atoms with Gasteiger partial charge >= 0.3 is 0 Å². The summed E-state index contributed by atoms with van der Waals surface area (Å²) in [6.45, 7) is 2.00. The molecule has 2 rings (SSSR count). The number of halogens is 1. The summed E-state index contributed by atoms with van der Waals surface area (Å²) in [5.41, 5.74) is 5.04. The quantitative estimate of drug-likeness (QED) is 0.672. The fourth-order valence-electron chi connectivity index (χ4n) is 1.88. The predicted molar refractivity (Wildman–Crippen MR) is 73.7 cm³/mol. The molecule has 0 aromatic carbocycles. The van der Waals surface area contributed by atoms with Crippen molar-refractivity contribution in [3.8, 4) is 0 Å². The van der Waals surface area contributed by atoms with Gasteiger partial charge in [-0.1, -0.05) is 0 Å². The van der Waals surface area contributed by atoms with E-state index in [-0.39, 0.29) is 6.04 Å². The number of nitrogens with zero attached hydrogens (tertiary/aromatic N) is 2. The monoisotopic (exact) mass is 314 g/mol. The Balaban J connectivity index is 2.19. The summed E-state index contributed by atoms with van der Waals surface area (Å²) in [4.78, 5) is 1.29. The summed E-state index contributed by atoms with van der Waals surface area (Å²) in [6.07, 6.45) is 2.89. The molecule has 2 aromatic rings. The molecule has 17 heavy (non-hydrogen) atoms. The number of thiophene rings is 1. The lowest BCUT2D eigenvalue weighted by atomic mass is 10.1. The van der Waals surface area contributed by atoms with E-state index >= 15 is 0 Å². The molecule has 0 amide bonds. The van der Waals surface area contributed by atoms with Crippen molar-refractivity contribution in [2.45, 2.75) is 19.4 Å². The Hall–Kier alpha value is -0.690. The second-order valence-electron chi connectivity index (χ2n) is 4.00. The highest BCUT2D eigenvalue weighted by Gasteiger charge is 2.16. The minimum atomic E-state index is 0.106. The number of aromatic nitrogens is 2. The number of rotatable bonds is 4. The first-order chi connectivity index (χ1) is 8.10. The number of hydrogen-bond donors (Lipinski definition) is 2. The van der Waals surface area contributed by atoms with Crippen molar-refractivity contribution < 1.29 is 0 Å². The highest BCUT2D eigenvalue weighted by atomic mass is 79.9. The molecule has 0 aliphatic carbocycles. The van der Waals surface area contributed by atoms with Crippen LogP contribution in [0.1, 0.15) is 22.2 Å². The number of hydrogen-bond acceptors (Lipinski definition) is 4. The molecule has 6 heteroatoms. The van der Waals surface area contributed by atoms with E-state index in [0.717, 1.165) is 22.2 Å². The third-order valence-electron chi connectivity index (χ3n) is 2.66. The molecule has 1 atom stereocenters. The van der Waals surface area contributed by atoms with Crippen molar-refractivity contribution >= 4 is 27.3 Å². The SMILES string of the molecule is Cc1nn(C)cc1C(Cc1cc(Br)cs1)NN. The van der Waals surface area contributed by atoms with Gasteiger partial charge in [-0.3, -0.25) is 16.0 Å². The van der Waals surface area contributed by atoms with Crippen LogP contribution in [0.2, 0.25) is 0 Å². The molecule has 92 valence electrons. The Kier molecular flexibility index (Phi) is 3.98. The van der Waals surface area contributed by atoms with Crippen molar-refractivity contribution in [1.82, 2.24) is 15.2 Å². The summed E-state index contributed by atoms with van der Waals surface area (Å²) in [5, 5.41) is 6.42. The van der Waals surface area contributed by atoms with E-state index in [2.05, 4.69) is 37.9 Å². The zero-order valence-corrected chi connectivity index (χ0v) is 12.2. The van der Waals surface area contributed by atoms with Crippen LogP contribution >= 0.6 is 27.3 Å². The third-order valence-corrected chi connectivity index (χ3v) is 4.38. The van der Waals surface area contributed by atoms with Crippen LogP contribution in [0.5, 0.6) is 0 Å². The van der Waals surface area contributed by atoms with Crippen molar-refractivity contribution in [3.05, 3.63) is 38.3 Å². The van der Waals surface area contributed by atoms with Crippen molar-refractivity contribution in [2.75, 3.05) is 0 Å². The van der Waals surface area contributed by atoms with Crippen LogP contribution in [-0.4, -0.2) is 9.78 Å². The molecule has 0 radical (unpaired) electrons. The first kappa shape index (κ1) is 12.8. The minimum absolute atomic E-state index is 0.106. The Bertz CT molecular complexity index is 505. The van der Waals surface area contributed by atoms with Crippen molar-refractivity contribution in [1.29, 1.82) is 0 Å². The number of hydrazine groups is 1. The molecule has 2 aromatic heterocycles. The van der Waals surface area contributed by atoms with Crippen LogP contribution in [0.15, 0.2) is 22.1 Å². The molecular weight excluding hydrogens is 300 g/mol. The fourth-order valence-corrected chi connectivity index (χ4v) is 3.38. The van der Waals surface area contributed by atoms with E-state index in [1.165, 1.54) is 4.88 Å². The molecule has 0 saturated carbocycles. The van der Waals surface area contributed by atoms with Crippen LogP contribution in [-0.2, 0) is 13.5 Å². The Morgan fingerprint density at radius 2 is 2.41 bits per heavy atom. The van der Waals surface area contributed by atoms with Crippen LogP contribution in [0.25, 0.3) is 0 Å². The number of nitrogens with one attached hydrogen (secondary N) is 1. The summed E-state index contributed by atoms with van der Waals surface area (Å²) in [7, 11) is 1.92. The molecule has 0 spiro atoms. The zero-order valence-electron chi connectivity index (χ0n) is 9.77.